The molecular weight excluding hydrogens is 387 g/mol. The zero-order valence-electron chi connectivity index (χ0n) is 11.9. The van der Waals surface area contributed by atoms with E-state index in [0.717, 1.165) is 18.2 Å². The summed E-state index contributed by atoms with van der Waals surface area (Å²) in [7, 11) is 0. The van der Waals surface area contributed by atoms with E-state index in [1.54, 1.807) is 0 Å². The summed E-state index contributed by atoms with van der Waals surface area (Å²) in [5.41, 5.74) is -1.68. The Kier molecular flexibility index (Phi) is 4.34. The summed E-state index contributed by atoms with van der Waals surface area (Å²) in [6, 6.07) is 6.11. The second kappa shape index (κ2) is 6.20. The molecule has 0 unspecified atom stereocenters. The average molecular weight is 393 g/mol. The molecule has 3 aromatic rings. The number of rotatable bonds is 2. The zero-order chi connectivity index (χ0) is 18.4. The second-order valence-corrected chi connectivity index (χ2v) is 5.66. The van der Waals surface area contributed by atoms with Crippen LogP contribution < -0.4 is 5.76 Å². The predicted molar refractivity (Wildman–Crippen MR) is 82.5 cm³/mol. The van der Waals surface area contributed by atoms with E-state index in [0.29, 0.717) is 10.7 Å². The van der Waals surface area contributed by atoms with E-state index in [-0.39, 0.29) is 21.3 Å². The van der Waals surface area contributed by atoms with Gasteiger partial charge in [-0.2, -0.15) is 17.9 Å². The lowest BCUT2D eigenvalue weighted by molar-refractivity contribution is -0.137. The van der Waals surface area contributed by atoms with Crippen LogP contribution in [-0.4, -0.2) is 9.78 Å². The number of benzene rings is 2. The van der Waals surface area contributed by atoms with Gasteiger partial charge in [-0.15, -0.1) is 5.10 Å². The SMILES string of the molecule is O=c1oc(-c2c(F)cccc2Cl)nn1-c1cc(C(F)(F)F)ccc1Cl. The molecule has 0 bridgehead atoms. The normalized spacial score (nSPS) is 11.8. The van der Waals surface area contributed by atoms with Gasteiger partial charge in [-0.05, 0) is 30.3 Å². The number of aromatic nitrogens is 2. The van der Waals surface area contributed by atoms with Crippen molar-refractivity contribution in [3.8, 4) is 17.1 Å². The standard InChI is InChI=1S/C15H6Cl2F4N2O2/c16-8-5-4-7(15(19,20)21)6-11(8)23-14(24)25-13(22-23)12-9(17)2-1-3-10(12)18/h1-6H. The molecule has 0 amide bonds. The molecule has 0 aliphatic rings. The highest BCUT2D eigenvalue weighted by atomic mass is 35.5. The summed E-state index contributed by atoms with van der Waals surface area (Å²) in [6.07, 6.45) is -4.65. The minimum absolute atomic E-state index is 0.0801. The molecule has 0 radical (unpaired) electrons. The summed E-state index contributed by atoms with van der Waals surface area (Å²) in [4.78, 5) is 12.0. The molecule has 0 saturated heterocycles. The number of hydrogen-bond acceptors (Lipinski definition) is 3. The first-order valence-electron chi connectivity index (χ1n) is 6.60. The third kappa shape index (κ3) is 3.27. The molecule has 0 N–H and O–H groups in total. The Labute approximate surface area is 147 Å². The molecule has 0 saturated carbocycles. The zero-order valence-corrected chi connectivity index (χ0v) is 13.5. The number of alkyl halides is 3. The molecule has 4 nitrogen and oxygen atoms in total. The molecule has 1 heterocycles. The smallest absolute Gasteiger partial charge is 0.387 e. The van der Waals surface area contributed by atoms with Crippen LogP contribution in [0.25, 0.3) is 17.1 Å². The average Bonchev–Trinajstić information content (AvgIpc) is 2.88. The van der Waals surface area contributed by atoms with E-state index in [4.69, 9.17) is 27.6 Å². The van der Waals surface area contributed by atoms with Crippen LogP contribution in [0.15, 0.2) is 45.6 Å². The van der Waals surface area contributed by atoms with E-state index in [2.05, 4.69) is 5.10 Å². The van der Waals surface area contributed by atoms with Crippen molar-refractivity contribution in [1.29, 1.82) is 0 Å². The van der Waals surface area contributed by atoms with Crippen molar-refractivity contribution >= 4 is 23.2 Å². The summed E-state index contributed by atoms with van der Waals surface area (Å²) in [5, 5.41) is 3.47. The number of hydrogen-bond donors (Lipinski definition) is 0. The molecule has 0 spiro atoms. The minimum atomic E-state index is -4.65. The van der Waals surface area contributed by atoms with Gasteiger partial charge in [-0.1, -0.05) is 29.3 Å². The lowest BCUT2D eigenvalue weighted by atomic mass is 10.2. The summed E-state index contributed by atoms with van der Waals surface area (Å²) in [5.74, 6) is -2.44. The Hall–Kier alpha value is -2.32. The summed E-state index contributed by atoms with van der Waals surface area (Å²) < 4.78 is 57.8. The second-order valence-electron chi connectivity index (χ2n) is 4.85. The fourth-order valence-corrected chi connectivity index (χ4v) is 2.53. The lowest BCUT2D eigenvalue weighted by Crippen LogP contribution is -2.15. The number of nitrogens with zero attached hydrogens (tertiary/aromatic N) is 2. The maximum absolute atomic E-state index is 13.9. The molecular formula is C15H6Cl2F4N2O2. The van der Waals surface area contributed by atoms with Gasteiger partial charge in [0.2, 0.25) is 0 Å². The number of halogens is 6. The van der Waals surface area contributed by atoms with Gasteiger partial charge in [0.05, 0.1) is 26.9 Å². The first-order chi connectivity index (χ1) is 11.7. The molecule has 0 aliphatic heterocycles. The molecule has 130 valence electrons. The van der Waals surface area contributed by atoms with Crippen molar-refractivity contribution in [3.63, 3.8) is 0 Å². The molecule has 10 heteroatoms. The van der Waals surface area contributed by atoms with E-state index in [9.17, 15) is 22.4 Å². The van der Waals surface area contributed by atoms with Crippen molar-refractivity contribution in [2.75, 3.05) is 0 Å². The highest BCUT2D eigenvalue weighted by molar-refractivity contribution is 6.33. The lowest BCUT2D eigenvalue weighted by Gasteiger charge is -2.09. The quantitative estimate of drug-likeness (QED) is 0.579. The molecule has 0 aliphatic carbocycles. The van der Waals surface area contributed by atoms with Crippen LogP contribution in [0, 0.1) is 5.82 Å². The largest absolute Gasteiger partial charge is 0.442 e. The first kappa shape index (κ1) is 17.5. The van der Waals surface area contributed by atoms with Crippen LogP contribution in [0.2, 0.25) is 10.0 Å². The van der Waals surface area contributed by atoms with Crippen molar-refractivity contribution in [2.45, 2.75) is 6.18 Å². The van der Waals surface area contributed by atoms with Crippen LogP contribution in [-0.2, 0) is 6.18 Å². The maximum atomic E-state index is 13.9. The summed E-state index contributed by atoms with van der Waals surface area (Å²) in [6.45, 7) is 0. The molecule has 2 aromatic carbocycles. The molecule has 0 atom stereocenters. The summed E-state index contributed by atoms with van der Waals surface area (Å²) >= 11 is 11.7. The predicted octanol–water partition coefficient (Wildman–Crippen LogP) is 4.96. The molecule has 1 aromatic heterocycles. The van der Waals surface area contributed by atoms with E-state index < -0.39 is 29.2 Å². The monoisotopic (exact) mass is 392 g/mol. The van der Waals surface area contributed by atoms with Crippen molar-refractivity contribution < 1.29 is 22.0 Å². The van der Waals surface area contributed by atoms with Crippen molar-refractivity contribution in [3.05, 3.63) is 68.4 Å². The third-order valence-electron chi connectivity index (χ3n) is 3.23. The molecule has 0 fully saturated rings. The molecule has 3 rings (SSSR count). The van der Waals surface area contributed by atoms with E-state index >= 15 is 0 Å². The van der Waals surface area contributed by atoms with Crippen molar-refractivity contribution in [1.82, 2.24) is 9.78 Å². The van der Waals surface area contributed by atoms with Gasteiger partial charge in [0.25, 0.3) is 5.89 Å². The van der Waals surface area contributed by atoms with Crippen LogP contribution in [0.3, 0.4) is 0 Å². The van der Waals surface area contributed by atoms with Gasteiger partial charge in [0.15, 0.2) is 0 Å². The Morgan fingerprint density at radius 1 is 1.08 bits per heavy atom. The maximum Gasteiger partial charge on any atom is 0.442 e. The van der Waals surface area contributed by atoms with Gasteiger partial charge < -0.3 is 4.42 Å². The first-order valence-corrected chi connectivity index (χ1v) is 7.36. The topological polar surface area (TPSA) is 48.0 Å². The van der Waals surface area contributed by atoms with Crippen LogP contribution in [0.5, 0.6) is 0 Å². The van der Waals surface area contributed by atoms with Crippen LogP contribution in [0.1, 0.15) is 5.56 Å². The Morgan fingerprint density at radius 3 is 2.44 bits per heavy atom. The Bertz CT molecular complexity index is 991. The minimum Gasteiger partial charge on any atom is -0.387 e. The van der Waals surface area contributed by atoms with Gasteiger partial charge in [0.1, 0.15) is 5.82 Å². The van der Waals surface area contributed by atoms with E-state index in [1.807, 2.05) is 0 Å². The Balaban J connectivity index is 2.18. The highest BCUT2D eigenvalue weighted by Gasteiger charge is 2.31. The highest BCUT2D eigenvalue weighted by Crippen LogP contribution is 2.33. The van der Waals surface area contributed by atoms with Gasteiger partial charge in [0, 0.05) is 0 Å². The van der Waals surface area contributed by atoms with Gasteiger partial charge >= 0.3 is 11.9 Å². The van der Waals surface area contributed by atoms with Crippen LogP contribution >= 0.6 is 23.2 Å². The molecule has 25 heavy (non-hydrogen) atoms. The van der Waals surface area contributed by atoms with Crippen LogP contribution in [0.4, 0.5) is 17.6 Å². The van der Waals surface area contributed by atoms with Gasteiger partial charge in [-0.25, -0.2) is 9.18 Å². The fraction of sp³-hybridized carbons (Fsp3) is 0.0667. The van der Waals surface area contributed by atoms with Crippen molar-refractivity contribution in [2.24, 2.45) is 0 Å². The Morgan fingerprint density at radius 2 is 1.80 bits per heavy atom. The van der Waals surface area contributed by atoms with Gasteiger partial charge in [-0.3, -0.25) is 0 Å². The third-order valence-corrected chi connectivity index (χ3v) is 3.86. The van der Waals surface area contributed by atoms with E-state index in [1.165, 1.54) is 12.1 Å². The fourth-order valence-electron chi connectivity index (χ4n) is 2.08.